The number of hydrogen-bond acceptors (Lipinski definition) is 3. The number of fused-ring (bicyclic) bond motifs is 13. The van der Waals surface area contributed by atoms with Crippen molar-refractivity contribution in [2.75, 3.05) is 0 Å². The van der Waals surface area contributed by atoms with Gasteiger partial charge in [-0.15, -0.1) is 11.3 Å². The van der Waals surface area contributed by atoms with E-state index in [0.29, 0.717) is 5.95 Å². The van der Waals surface area contributed by atoms with Gasteiger partial charge < -0.3 is 4.57 Å². The molecule has 0 bridgehead atoms. The molecule has 4 nitrogen and oxygen atoms in total. The van der Waals surface area contributed by atoms with E-state index in [1.165, 1.54) is 64.3 Å². The van der Waals surface area contributed by atoms with Gasteiger partial charge in [-0.1, -0.05) is 115 Å². The molecule has 0 saturated heterocycles. The van der Waals surface area contributed by atoms with Gasteiger partial charge >= 0.3 is 0 Å². The van der Waals surface area contributed by atoms with Crippen LogP contribution in [0.2, 0.25) is 0 Å². The summed E-state index contributed by atoms with van der Waals surface area (Å²) >= 11 is 1.90. The van der Waals surface area contributed by atoms with Crippen molar-refractivity contribution in [3.8, 4) is 22.9 Å². The second-order valence-electron chi connectivity index (χ2n) is 12.8. The zero-order valence-corrected chi connectivity index (χ0v) is 27.3. The normalized spacial score (nSPS) is 13.1. The van der Waals surface area contributed by atoms with Gasteiger partial charge in [-0.2, -0.15) is 0 Å². The summed E-state index contributed by atoms with van der Waals surface area (Å²) in [6.07, 6.45) is 6.74. The van der Waals surface area contributed by atoms with E-state index >= 15 is 0 Å². The van der Waals surface area contributed by atoms with Gasteiger partial charge in [-0.3, -0.25) is 4.57 Å². The van der Waals surface area contributed by atoms with Crippen molar-refractivity contribution in [2.24, 2.45) is 0 Å². The Labute approximate surface area is 285 Å². The van der Waals surface area contributed by atoms with Crippen molar-refractivity contribution < 1.29 is 0 Å². The zero-order valence-electron chi connectivity index (χ0n) is 26.5. The summed E-state index contributed by atoms with van der Waals surface area (Å²) in [5.41, 5.74) is 10.4. The molecule has 0 unspecified atom stereocenters. The molecule has 0 amide bonds. The lowest BCUT2D eigenvalue weighted by molar-refractivity contribution is 0.890. The molecule has 1 aliphatic carbocycles. The molecule has 6 aromatic carbocycles. The Balaban J connectivity index is 1.41. The summed E-state index contributed by atoms with van der Waals surface area (Å²) in [6, 6.07) is 47.5. The third kappa shape index (κ3) is 3.73. The van der Waals surface area contributed by atoms with Crippen molar-refractivity contribution >= 4 is 81.2 Å². The highest BCUT2D eigenvalue weighted by atomic mass is 32.1. The van der Waals surface area contributed by atoms with Gasteiger partial charge in [-0.25, -0.2) is 9.97 Å². The smallest absolute Gasteiger partial charge is 0.235 e. The molecule has 1 aliphatic rings. The lowest BCUT2D eigenvalue weighted by atomic mass is 9.97. The standard InChI is InChI=1S/C44H28N4S/c1-3-15-27(16-4-1)40-29-19-7-11-23-33(29)45-44(46-40)48-35-25-13-9-21-31(35)37-38-30-20-8-12-24-34(30)47(28-17-5-2-6-18-28)42(38)43-39(41(37)48)32-22-10-14-26-36(32)49-43/h1-11,13-23,25-26H,12,24H2. The fourth-order valence-corrected chi connectivity index (χ4v) is 9.43. The molecule has 0 aliphatic heterocycles. The molecule has 0 radical (unpaired) electrons. The molecule has 230 valence electrons. The second kappa shape index (κ2) is 10.2. The molecule has 11 rings (SSSR count). The van der Waals surface area contributed by atoms with E-state index in [4.69, 9.17) is 9.97 Å². The number of aromatic nitrogens is 4. The first kappa shape index (κ1) is 27.0. The molecule has 10 aromatic rings. The van der Waals surface area contributed by atoms with Gasteiger partial charge in [0.2, 0.25) is 5.95 Å². The van der Waals surface area contributed by atoms with Crippen LogP contribution in [0.3, 0.4) is 0 Å². The Morgan fingerprint density at radius 1 is 0.571 bits per heavy atom. The Morgan fingerprint density at radius 3 is 2.14 bits per heavy atom. The van der Waals surface area contributed by atoms with E-state index < -0.39 is 0 Å². The van der Waals surface area contributed by atoms with E-state index in [2.05, 4.69) is 155 Å². The summed E-state index contributed by atoms with van der Waals surface area (Å²) in [5, 5.41) is 7.35. The lowest BCUT2D eigenvalue weighted by Gasteiger charge is -2.14. The molecule has 0 N–H and O–H groups in total. The van der Waals surface area contributed by atoms with Crippen LogP contribution in [0.25, 0.3) is 92.8 Å². The fraction of sp³-hybridized carbons (Fsp3) is 0.0455. The van der Waals surface area contributed by atoms with Crippen molar-refractivity contribution in [1.82, 2.24) is 19.1 Å². The third-order valence-electron chi connectivity index (χ3n) is 10.2. The quantitative estimate of drug-likeness (QED) is 0.192. The SMILES string of the molecule is C1=Cc2c(n(-c3ccccc3)c3c4sc5ccccc5c4c4c(c5ccccc5n4-c4nc(-c5ccccc5)c5ccccc5n4)c23)CC1. The first-order valence-corrected chi connectivity index (χ1v) is 17.6. The molecule has 4 heterocycles. The largest absolute Gasteiger partial charge is 0.312 e. The molecule has 0 spiro atoms. The Kier molecular flexibility index (Phi) is 5.63. The average Bonchev–Trinajstić information content (AvgIpc) is 3.83. The van der Waals surface area contributed by atoms with Crippen molar-refractivity contribution in [3.05, 3.63) is 151 Å². The van der Waals surface area contributed by atoms with Crippen LogP contribution in [0.5, 0.6) is 0 Å². The number of hydrogen-bond donors (Lipinski definition) is 0. The molecule has 49 heavy (non-hydrogen) atoms. The highest BCUT2D eigenvalue weighted by Crippen LogP contribution is 2.51. The van der Waals surface area contributed by atoms with Gasteiger partial charge in [0.1, 0.15) is 0 Å². The van der Waals surface area contributed by atoms with Crippen LogP contribution in [-0.2, 0) is 6.42 Å². The van der Waals surface area contributed by atoms with Crippen LogP contribution < -0.4 is 0 Å². The number of nitrogens with zero attached hydrogens (tertiary/aromatic N) is 4. The van der Waals surface area contributed by atoms with Gasteiger partial charge in [0.05, 0.1) is 32.5 Å². The molecular formula is C44H28N4S. The van der Waals surface area contributed by atoms with Crippen LogP contribution in [-0.4, -0.2) is 19.1 Å². The molecule has 4 aromatic heterocycles. The minimum absolute atomic E-state index is 0.687. The van der Waals surface area contributed by atoms with E-state index in [9.17, 15) is 0 Å². The maximum absolute atomic E-state index is 5.44. The number of rotatable bonds is 3. The number of para-hydroxylation sites is 3. The van der Waals surface area contributed by atoms with E-state index in [1.807, 2.05) is 11.3 Å². The summed E-state index contributed by atoms with van der Waals surface area (Å²) < 4.78 is 7.48. The molecule has 0 fully saturated rings. The highest BCUT2D eigenvalue weighted by molar-refractivity contribution is 7.27. The summed E-state index contributed by atoms with van der Waals surface area (Å²) in [6.45, 7) is 0. The van der Waals surface area contributed by atoms with E-state index in [-0.39, 0.29) is 0 Å². The van der Waals surface area contributed by atoms with Crippen LogP contribution in [0.1, 0.15) is 17.7 Å². The first-order valence-electron chi connectivity index (χ1n) is 16.8. The minimum Gasteiger partial charge on any atom is -0.312 e. The van der Waals surface area contributed by atoms with Crippen LogP contribution in [0, 0.1) is 0 Å². The van der Waals surface area contributed by atoms with E-state index in [0.717, 1.165) is 40.5 Å². The van der Waals surface area contributed by atoms with Gasteiger partial charge in [0, 0.05) is 59.5 Å². The topological polar surface area (TPSA) is 35.6 Å². The molecule has 0 saturated carbocycles. The van der Waals surface area contributed by atoms with Crippen LogP contribution in [0.15, 0.2) is 140 Å². The van der Waals surface area contributed by atoms with Crippen LogP contribution in [0.4, 0.5) is 0 Å². The summed E-state index contributed by atoms with van der Waals surface area (Å²) in [7, 11) is 0. The monoisotopic (exact) mass is 644 g/mol. The van der Waals surface area contributed by atoms with Gasteiger partial charge in [-0.05, 0) is 43.2 Å². The zero-order chi connectivity index (χ0) is 32.1. The van der Waals surface area contributed by atoms with Gasteiger partial charge in [0.15, 0.2) is 0 Å². The number of allylic oxidation sites excluding steroid dienone is 1. The average molecular weight is 645 g/mol. The number of benzene rings is 6. The van der Waals surface area contributed by atoms with Gasteiger partial charge in [0.25, 0.3) is 0 Å². The lowest BCUT2D eigenvalue weighted by Crippen LogP contribution is -2.04. The van der Waals surface area contributed by atoms with Crippen molar-refractivity contribution in [1.29, 1.82) is 0 Å². The maximum atomic E-state index is 5.44. The first-order chi connectivity index (χ1) is 24.3. The Bertz CT molecular complexity index is 2980. The second-order valence-corrected chi connectivity index (χ2v) is 13.9. The molecule has 5 heteroatoms. The predicted octanol–water partition coefficient (Wildman–Crippen LogP) is 11.7. The fourth-order valence-electron chi connectivity index (χ4n) is 8.18. The van der Waals surface area contributed by atoms with E-state index in [1.54, 1.807) is 0 Å². The molecule has 0 atom stereocenters. The Hall–Kier alpha value is -6.04. The highest BCUT2D eigenvalue weighted by Gasteiger charge is 2.29. The maximum Gasteiger partial charge on any atom is 0.235 e. The summed E-state index contributed by atoms with van der Waals surface area (Å²) in [4.78, 5) is 10.8. The third-order valence-corrected chi connectivity index (χ3v) is 11.3. The Morgan fingerprint density at radius 2 is 1.29 bits per heavy atom. The van der Waals surface area contributed by atoms with Crippen LogP contribution >= 0.6 is 11.3 Å². The number of thiophene rings is 1. The summed E-state index contributed by atoms with van der Waals surface area (Å²) in [5.74, 6) is 0.687. The van der Waals surface area contributed by atoms with Crippen molar-refractivity contribution in [3.63, 3.8) is 0 Å². The molecular weight excluding hydrogens is 617 g/mol. The van der Waals surface area contributed by atoms with Crippen molar-refractivity contribution in [2.45, 2.75) is 12.8 Å². The minimum atomic E-state index is 0.687. The predicted molar refractivity (Wildman–Crippen MR) is 206 cm³/mol.